The molecular weight excluding hydrogens is 417 g/mol. The van der Waals surface area contributed by atoms with Crippen LogP contribution in [-0.2, 0) is 6.42 Å². The minimum Gasteiger partial charge on any atom is -0.479 e. The fourth-order valence-corrected chi connectivity index (χ4v) is 3.64. The molecule has 0 aromatic carbocycles. The van der Waals surface area contributed by atoms with E-state index < -0.39 is 11.9 Å². The molecular formula is C20H18FN9O2. The van der Waals surface area contributed by atoms with Gasteiger partial charge >= 0.3 is 0 Å². The van der Waals surface area contributed by atoms with Gasteiger partial charge in [-0.15, -0.1) is 15.3 Å². The van der Waals surface area contributed by atoms with Crippen molar-refractivity contribution >= 4 is 11.7 Å². The zero-order valence-corrected chi connectivity index (χ0v) is 17.2. The Balaban J connectivity index is 1.42. The second kappa shape index (κ2) is 7.80. The first kappa shape index (κ1) is 19.7. The Morgan fingerprint density at radius 1 is 1.25 bits per heavy atom. The summed E-state index contributed by atoms with van der Waals surface area (Å²) in [5.41, 5.74) is 0.732. The molecule has 0 bridgehead atoms. The number of ether oxygens (including phenoxy) is 1. The predicted molar refractivity (Wildman–Crippen MR) is 110 cm³/mol. The van der Waals surface area contributed by atoms with Crippen molar-refractivity contribution in [3.8, 4) is 23.2 Å². The average Bonchev–Trinajstić information content (AvgIpc) is 3.50. The lowest BCUT2D eigenvalue weighted by Gasteiger charge is -2.10. The third-order valence-electron chi connectivity index (χ3n) is 5.16. The zero-order valence-electron chi connectivity index (χ0n) is 17.2. The summed E-state index contributed by atoms with van der Waals surface area (Å²) in [5.74, 6) is 0.819. The molecule has 4 aromatic heterocycles. The van der Waals surface area contributed by atoms with Gasteiger partial charge in [0.1, 0.15) is 22.9 Å². The molecule has 32 heavy (non-hydrogen) atoms. The molecule has 4 aromatic rings. The summed E-state index contributed by atoms with van der Waals surface area (Å²) in [4.78, 5) is 24.9. The van der Waals surface area contributed by atoms with Crippen molar-refractivity contribution in [3.05, 3.63) is 54.1 Å². The quantitative estimate of drug-likeness (QED) is 0.506. The molecule has 0 fully saturated rings. The van der Waals surface area contributed by atoms with Crippen LogP contribution in [0.5, 0.6) is 5.88 Å². The Hall–Kier alpha value is -4.22. The fourth-order valence-electron chi connectivity index (χ4n) is 3.64. The Kier molecular flexibility index (Phi) is 4.81. The van der Waals surface area contributed by atoms with E-state index in [0.29, 0.717) is 17.3 Å². The van der Waals surface area contributed by atoms with Gasteiger partial charge in [-0.05, 0) is 25.5 Å². The number of carbonyl (C=O) groups is 1. The van der Waals surface area contributed by atoms with Gasteiger partial charge in [-0.2, -0.15) is 9.37 Å². The lowest BCUT2D eigenvalue weighted by Crippen LogP contribution is -2.14. The van der Waals surface area contributed by atoms with Gasteiger partial charge in [0, 0.05) is 18.7 Å². The number of rotatable bonds is 5. The maximum Gasteiger partial charge on any atom is 0.263 e. The van der Waals surface area contributed by atoms with Gasteiger partial charge < -0.3 is 14.6 Å². The topological polar surface area (TPSA) is 126 Å². The number of carbonyl (C=O) groups excluding carboxylic acids is 1. The molecule has 5 rings (SSSR count). The van der Waals surface area contributed by atoms with E-state index in [9.17, 15) is 9.18 Å². The predicted octanol–water partition coefficient (Wildman–Crippen LogP) is 2.22. The van der Waals surface area contributed by atoms with Gasteiger partial charge in [0.05, 0.1) is 19.5 Å². The highest BCUT2D eigenvalue weighted by molar-refractivity contribution is 6.05. The van der Waals surface area contributed by atoms with Crippen molar-refractivity contribution in [1.29, 1.82) is 0 Å². The van der Waals surface area contributed by atoms with Gasteiger partial charge in [0.15, 0.2) is 11.6 Å². The largest absolute Gasteiger partial charge is 0.479 e. The van der Waals surface area contributed by atoms with Crippen molar-refractivity contribution < 1.29 is 13.9 Å². The molecule has 162 valence electrons. The smallest absolute Gasteiger partial charge is 0.263 e. The molecule has 1 amide bonds. The molecule has 0 radical (unpaired) electrons. The van der Waals surface area contributed by atoms with E-state index in [1.165, 1.54) is 24.2 Å². The molecule has 5 heterocycles. The number of hydrogen-bond acceptors (Lipinski definition) is 8. The highest BCUT2D eigenvalue weighted by atomic mass is 19.1. The molecule has 0 saturated heterocycles. The van der Waals surface area contributed by atoms with Crippen molar-refractivity contribution in [1.82, 2.24) is 39.5 Å². The Labute approximate surface area is 181 Å². The van der Waals surface area contributed by atoms with Crippen molar-refractivity contribution in [2.45, 2.75) is 25.8 Å². The number of halogens is 1. The summed E-state index contributed by atoms with van der Waals surface area (Å²) in [6.07, 6.45) is 5.56. The molecule has 1 aliphatic heterocycles. The normalized spacial score (nSPS) is 14.9. The van der Waals surface area contributed by atoms with Crippen LogP contribution in [0.3, 0.4) is 0 Å². The molecule has 0 saturated carbocycles. The maximum absolute atomic E-state index is 13.4. The fraction of sp³-hybridized carbons (Fsp3) is 0.250. The minimum atomic E-state index is -0.765. The van der Waals surface area contributed by atoms with Crippen molar-refractivity contribution in [3.63, 3.8) is 0 Å². The number of hydrogen-bond donors (Lipinski definition) is 1. The van der Waals surface area contributed by atoms with Crippen LogP contribution >= 0.6 is 0 Å². The molecule has 0 spiro atoms. The number of methoxy groups -OCH3 is 1. The van der Waals surface area contributed by atoms with Crippen LogP contribution in [0, 0.1) is 5.95 Å². The number of aromatic nitrogens is 8. The van der Waals surface area contributed by atoms with Gasteiger partial charge in [-0.3, -0.25) is 9.78 Å². The molecule has 1 aliphatic rings. The lowest BCUT2D eigenvalue weighted by molar-refractivity contribution is 0.102. The number of fused-ring (bicyclic) bond motifs is 1. The Bertz CT molecular complexity index is 1320. The number of aryl methyl sites for hydroxylation is 1. The monoisotopic (exact) mass is 435 g/mol. The van der Waals surface area contributed by atoms with E-state index in [-0.39, 0.29) is 23.3 Å². The molecule has 0 aliphatic carbocycles. The van der Waals surface area contributed by atoms with Crippen molar-refractivity contribution in [2.75, 3.05) is 12.4 Å². The first-order chi connectivity index (χ1) is 15.5. The van der Waals surface area contributed by atoms with Gasteiger partial charge in [-0.25, -0.2) is 9.67 Å². The second-order valence-electron chi connectivity index (χ2n) is 7.26. The highest BCUT2D eigenvalue weighted by Gasteiger charge is 2.25. The van der Waals surface area contributed by atoms with E-state index in [1.54, 1.807) is 12.1 Å². The molecule has 11 nitrogen and oxygen atoms in total. The highest BCUT2D eigenvalue weighted by Crippen LogP contribution is 2.30. The summed E-state index contributed by atoms with van der Waals surface area (Å²) in [7, 11) is 1.38. The third-order valence-corrected chi connectivity index (χ3v) is 5.16. The zero-order chi connectivity index (χ0) is 22.2. The van der Waals surface area contributed by atoms with Gasteiger partial charge in [0.2, 0.25) is 11.8 Å². The van der Waals surface area contributed by atoms with Crippen LogP contribution in [0.1, 0.15) is 35.6 Å². The summed E-state index contributed by atoms with van der Waals surface area (Å²) >= 11 is 0. The third kappa shape index (κ3) is 3.45. The molecule has 1 N–H and O–H groups in total. The van der Waals surface area contributed by atoms with Crippen LogP contribution in [0.2, 0.25) is 0 Å². The number of amides is 1. The van der Waals surface area contributed by atoms with E-state index in [4.69, 9.17) is 4.74 Å². The Morgan fingerprint density at radius 2 is 2.12 bits per heavy atom. The van der Waals surface area contributed by atoms with Crippen LogP contribution in [0.25, 0.3) is 17.3 Å². The van der Waals surface area contributed by atoms with Crippen LogP contribution in [-0.4, -0.2) is 52.5 Å². The van der Waals surface area contributed by atoms with Crippen molar-refractivity contribution in [2.24, 2.45) is 0 Å². The Morgan fingerprint density at radius 3 is 2.94 bits per heavy atom. The number of anilines is 1. The molecule has 1 atom stereocenters. The summed E-state index contributed by atoms with van der Waals surface area (Å²) in [6.45, 7) is 2.11. The summed E-state index contributed by atoms with van der Waals surface area (Å²) < 4.78 is 21.9. The van der Waals surface area contributed by atoms with E-state index in [1.807, 2.05) is 6.07 Å². The number of nitrogens with one attached hydrogen (secondary N) is 1. The maximum atomic E-state index is 13.4. The molecule has 0 unspecified atom stereocenters. The summed E-state index contributed by atoms with van der Waals surface area (Å²) in [6, 6.07) is 5.55. The SMILES string of the molecule is COc1nn(-c2cncc(F)n2)cc1C(=O)Nc1cccc(-c2nnc3n2[C@@H](C)CC3)n1. The first-order valence-electron chi connectivity index (χ1n) is 9.87. The minimum absolute atomic E-state index is 0.0498. The van der Waals surface area contributed by atoms with Crippen LogP contribution in [0.4, 0.5) is 10.2 Å². The lowest BCUT2D eigenvalue weighted by atomic mass is 10.2. The standard InChI is InChI=1S/C20H18FN9O2/c1-11-6-7-16-26-27-18(30(11)16)13-4-3-5-15(23-13)25-19(31)12-10-29(28-20(12)32-2)17-9-22-8-14(21)24-17/h3-5,8-11H,6-7H2,1-2H3,(H,23,25,31)/t11-/m0/s1. The second-order valence-corrected chi connectivity index (χ2v) is 7.26. The van der Waals surface area contributed by atoms with Crippen LogP contribution in [0.15, 0.2) is 36.8 Å². The van der Waals surface area contributed by atoms with E-state index in [0.717, 1.165) is 24.9 Å². The average molecular weight is 435 g/mol. The van der Waals surface area contributed by atoms with Crippen LogP contribution < -0.4 is 10.1 Å². The van der Waals surface area contributed by atoms with E-state index in [2.05, 4.69) is 47.1 Å². The summed E-state index contributed by atoms with van der Waals surface area (Å²) in [5, 5.41) is 15.4. The number of pyridine rings is 1. The van der Waals surface area contributed by atoms with Gasteiger partial charge in [0.25, 0.3) is 5.91 Å². The molecule has 12 heteroatoms. The first-order valence-corrected chi connectivity index (χ1v) is 9.87. The van der Waals surface area contributed by atoms with Gasteiger partial charge in [-0.1, -0.05) is 6.07 Å². The number of nitrogens with zero attached hydrogens (tertiary/aromatic N) is 8. The van der Waals surface area contributed by atoms with E-state index >= 15 is 0 Å².